The van der Waals surface area contributed by atoms with Crippen molar-refractivity contribution in [1.29, 1.82) is 0 Å². The van der Waals surface area contributed by atoms with Gasteiger partial charge in [0.2, 0.25) is 6.41 Å². The van der Waals surface area contributed by atoms with Crippen LogP contribution in [-0.4, -0.2) is 45.4 Å². The Balaban J connectivity index is 2.20. The third-order valence-electron chi connectivity index (χ3n) is 5.31. The number of carbonyl (C=O) groups is 2. The lowest BCUT2D eigenvalue weighted by Gasteiger charge is -2.38. The molecular formula is C22H33NO5. The van der Waals surface area contributed by atoms with Crippen LogP contribution in [0.1, 0.15) is 58.4 Å². The van der Waals surface area contributed by atoms with Gasteiger partial charge in [0.15, 0.2) is 0 Å². The zero-order valence-corrected chi connectivity index (χ0v) is 17.1. The first kappa shape index (κ1) is 22.4. The van der Waals surface area contributed by atoms with Gasteiger partial charge in [-0.15, -0.1) is 0 Å². The van der Waals surface area contributed by atoms with Gasteiger partial charge in [-0.25, -0.2) is 5.06 Å². The van der Waals surface area contributed by atoms with Crippen LogP contribution in [0.3, 0.4) is 0 Å². The second-order valence-electron chi connectivity index (χ2n) is 8.72. The van der Waals surface area contributed by atoms with Crippen molar-refractivity contribution >= 4 is 12.4 Å². The summed E-state index contributed by atoms with van der Waals surface area (Å²) in [6.45, 7) is 5.53. The second-order valence-corrected chi connectivity index (χ2v) is 8.72. The number of rotatable bonds is 9. The molecule has 0 aromatic heterocycles. The molecule has 28 heavy (non-hydrogen) atoms. The summed E-state index contributed by atoms with van der Waals surface area (Å²) in [5.41, 5.74) is 0.388. The molecule has 0 saturated heterocycles. The van der Waals surface area contributed by atoms with Crippen LogP contribution in [0.2, 0.25) is 0 Å². The number of hydrogen-bond donors (Lipinski definition) is 2. The highest BCUT2D eigenvalue weighted by Crippen LogP contribution is 2.34. The van der Waals surface area contributed by atoms with E-state index >= 15 is 0 Å². The molecule has 4 unspecified atom stereocenters. The van der Waals surface area contributed by atoms with E-state index in [1.165, 1.54) is 5.06 Å². The molecule has 0 spiro atoms. The van der Waals surface area contributed by atoms with Crippen molar-refractivity contribution in [2.75, 3.05) is 0 Å². The third-order valence-corrected chi connectivity index (χ3v) is 5.31. The van der Waals surface area contributed by atoms with Gasteiger partial charge in [0, 0.05) is 0 Å². The number of amides is 1. The topological polar surface area (TPSA) is 87.1 Å². The van der Waals surface area contributed by atoms with E-state index in [2.05, 4.69) is 0 Å². The Kier molecular flexibility index (Phi) is 8.01. The molecule has 1 aliphatic rings. The van der Waals surface area contributed by atoms with Gasteiger partial charge in [-0.2, -0.15) is 0 Å². The molecule has 1 aliphatic carbocycles. The summed E-state index contributed by atoms with van der Waals surface area (Å²) in [6.07, 6.45) is 3.81. The summed E-state index contributed by atoms with van der Waals surface area (Å²) >= 11 is 0. The van der Waals surface area contributed by atoms with E-state index in [0.717, 1.165) is 24.8 Å². The van der Waals surface area contributed by atoms with Gasteiger partial charge >= 0.3 is 5.97 Å². The first-order valence-corrected chi connectivity index (χ1v) is 10.1. The highest BCUT2D eigenvalue weighted by atomic mass is 16.7. The monoisotopic (exact) mass is 391 g/mol. The van der Waals surface area contributed by atoms with Crippen molar-refractivity contribution in [2.24, 2.45) is 11.8 Å². The van der Waals surface area contributed by atoms with E-state index in [1.54, 1.807) is 0 Å². The predicted octanol–water partition coefficient (Wildman–Crippen LogP) is 3.43. The van der Waals surface area contributed by atoms with Crippen molar-refractivity contribution < 1.29 is 24.6 Å². The Morgan fingerprint density at radius 1 is 1.25 bits per heavy atom. The highest BCUT2D eigenvalue weighted by molar-refractivity contribution is 5.70. The minimum Gasteiger partial charge on any atom is -0.481 e. The largest absolute Gasteiger partial charge is 0.481 e. The Labute approximate surface area is 167 Å². The fraction of sp³-hybridized carbons (Fsp3) is 0.636. The Hall–Kier alpha value is -1.92. The smallest absolute Gasteiger partial charge is 0.306 e. The molecule has 1 aromatic carbocycles. The van der Waals surface area contributed by atoms with Crippen molar-refractivity contribution in [3.05, 3.63) is 35.9 Å². The van der Waals surface area contributed by atoms with Gasteiger partial charge in [0.05, 0.1) is 23.7 Å². The normalized spacial score (nSPS) is 22.3. The number of carboxylic acids is 1. The number of aliphatic hydroxyl groups excluding tert-OH is 1. The van der Waals surface area contributed by atoms with Crippen LogP contribution in [-0.2, 0) is 20.8 Å². The van der Waals surface area contributed by atoms with Crippen molar-refractivity contribution in [2.45, 2.75) is 77.0 Å². The summed E-state index contributed by atoms with van der Waals surface area (Å²) in [5, 5.41) is 21.8. The average Bonchev–Trinajstić information content (AvgIpc) is 2.64. The van der Waals surface area contributed by atoms with Gasteiger partial charge in [-0.3, -0.25) is 14.4 Å². The lowest BCUT2D eigenvalue weighted by atomic mass is 9.75. The number of carbonyl (C=O) groups excluding carboxylic acids is 1. The van der Waals surface area contributed by atoms with E-state index in [4.69, 9.17) is 4.84 Å². The summed E-state index contributed by atoms with van der Waals surface area (Å²) in [5.74, 6) is -1.33. The van der Waals surface area contributed by atoms with Crippen LogP contribution in [0.4, 0.5) is 0 Å². The fourth-order valence-electron chi connectivity index (χ4n) is 4.02. The molecule has 6 heteroatoms. The number of hydrogen-bond acceptors (Lipinski definition) is 4. The Bertz CT molecular complexity index is 628. The lowest BCUT2D eigenvalue weighted by molar-refractivity contribution is -0.243. The summed E-state index contributed by atoms with van der Waals surface area (Å²) in [6, 6.07) is 9.04. The van der Waals surface area contributed by atoms with Gasteiger partial charge in [-0.05, 0) is 57.9 Å². The lowest BCUT2D eigenvalue weighted by Crippen LogP contribution is -2.48. The summed E-state index contributed by atoms with van der Waals surface area (Å²) in [7, 11) is 0. The SMILES string of the molecule is CC(C)(C)ON(C=O)C(Cc1ccccc1)C(O)CC1CCCCC1C(=O)O. The zero-order chi connectivity index (χ0) is 20.7. The number of nitrogens with zero attached hydrogens (tertiary/aromatic N) is 1. The highest BCUT2D eigenvalue weighted by Gasteiger charge is 2.36. The second kappa shape index (κ2) is 10.0. The van der Waals surface area contributed by atoms with Crippen molar-refractivity contribution in [1.82, 2.24) is 5.06 Å². The van der Waals surface area contributed by atoms with E-state index in [9.17, 15) is 19.8 Å². The molecule has 2 N–H and O–H groups in total. The van der Waals surface area contributed by atoms with E-state index < -0.39 is 29.6 Å². The molecule has 0 aliphatic heterocycles. The van der Waals surface area contributed by atoms with Crippen LogP contribution in [0, 0.1) is 11.8 Å². The molecule has 0 radical (unpaired) electrons. The first-order chi connectivity index (χ1) is 13.2. The van der Waals surface area contributed by atoms with Crippen molar-refractivity contribution in [3.8, 4) is 0 Å². The molecule has 0 bridgehead atoms. The van der Waals surface area contributed by atoms with E-state index in [1.807, 2.05) is 51.1 Å². The summed E-state index contributed by atoms with van der Waals surface area (Å²) < 4.78 is 0. The molecule has 156 valence electrons. The maximum Gasteiger partial charge on any atom is 0.306 e. The molecular weight excluding hydrogens is 358 g/mol. The molecule has 0 heterocycles. The number of hydroxylamine groups is 2. The van der Waals surface area contributed by atoms with Gasteiger partial charge < -0.3 is 10.2 Å². The Morgan fingerprint density at radius 2 is 1.89 bits per heavy atom. The average molecular weight is 392 g/mol. The molecule has 1 aromatic rings. The quantitative estimate of drug-likeness (QED) is 0.497. The van der Waals surface area contributed by atoms with Crippen molar-refractivity contribution in [3.63, 3.8) is 0 Å². The maximum atomic E-state index is 11.8. The maximum absolute atomic E-state index is 11.8. The first-order valence-electron chi connectivity index (χ1n) is 10.1. The Morgan fingerprint density at radius 3 is 2.46 bits per heavy atom. The number of aliphatic hydroxyl groups is 1. The molecule has 6 nitrogen and oxygen atoms in total. The van der Waals surface area contributed by atoms with Crippen LogP contribution >= 0.6 is 0 Å². The van der Waals surface area contributed by atoms with Crippen LogP contribution < -0.4 is 0 Å². The molecule has 1 fully saturated rings. The van der Waals surface area contributed by atoms with E-state index in [-0.39, 0.29) is 5.92 Å². The molecule has 4 atom stereocenters. The molecule has 1 amide bonds. The zero-order valence-electron chi connectivity index (χ0n) is 17.1. The number of benzene rings is 1. The van der Waals surface area contributed by atoms with Gasteiger partial charge in [-0.1, -0.05) is 43.2 Å². The molecule has 1 saturated carbocycles. The number of aliphatic carboxylic acids is 1. The number of carboxylic acid groups (broad SMARTS) is 1. The molecule has 2 rings (SSSR count). The van der Waals surface area contributed by atoms with Crippen LogP contribution in [0.25, 0.3) is 0 Å². The predicted molar refractivity (Wildman–Crippen MR) is 106 cm³/mol. The van der Waals surface area contributed by atoms with Gasteiger partial charge in [0.25, 0.3) is 0 Å². The van der Waals surface area contributed by atoms with Crippen LogP contribution in [0.5, 0.6) is 0 Å². The summed E-state index contributed by atoms with van der Waals surface area (Å²) in [4.78, 5) is 29.2. The van der Waals surface area contributed by atoms with Crippen LogP contribution in [0.15, 0.2) is 30.3 Å². The fourth-order valence-corrected chi connectivity index (χ4v) is 4.02. The minimum absolute atomic E-state index is 0.0948. The van der Waals surface area contributed by atoms with E-state index in [0.29, 0.717) is 25.7 Å². The minimum atomic E-state index is -0.877. The standard InChI is InChI=1S/C22H33NO5/c1-22(2,3)28-23(15-24)19(13-16-9-5-4-6-10-16)20(25)14-17-11-7-8-12-18(17)21(26)27/h4-6,9-10,15,17-20,25H,7-8,11-14H2,1-3H3,(H,26,27). The van der Waals surface area contributed by atoms with Gasteiger partial charge in [0.1, 0.15) is 0 Å². The third kappa shape index (κ3) is 6.60.